The molecular weight excluding hydrogens is 529 g/mol. The van der Waals surface area contributed by atoms with Crippen molar-refractivity contribution in [3.63, 3.8) is 0 Å². The second-order valence-electron chi connectivity index (χ2n) is 7.94. The van der Waals surface area contributed by atoms with Crippen LogP contribution in [0.2, 0.25) is 0 Å². The van der Waals surface area contributed by atoms with E-state index >= 15 is 0 Å². The highest BCUT2D eigenvalue weighted by Gasteiger charge is 2.28. The molecule has 1 saturated heterocycles. The van der Waals surface area contributed by atoms with Gasteiger partial charge in [0.1, 0.15) is 0 Å². The highest BCUT2D eigenvalue weighted by atomic mass is 127. The molecule has 1 aromatic rings. The highest BCUT2D eigenvalue weighted by Crippen LogP contribution is 2.17. The largest absolute Gasteiger partial charge is 0.378 e. The first kappa shape index (κ1) is 28.1. The number of benzene rings is 1. The van der Waals surface area contributed by atoms with Crippen molar-refractivity contribution in [1.82, 2.24) is 19.4 Å². The van der Waals surface area contributed by atoms with Gasteiger partial charge >= 0.3 is 0 Å². The fourth-order valence-electron chi connectivity index (χ4n) is 3.49. The second-order valence-corrected chi connectivity index (χ2v) is 10.0. The zero-order chi connectivity index (χ0) is 22.1. The molecule has 8 nitrogen and oxygen atoms in total. The van der Waals surface area contributed by atoms with Crippen molar-refractivity contribution in [3.05, 3.63) is 35.9 Å². The minimum Gasteiger partial charge on any atom is -0.378 e. The van der Waals surface area contributed by atoms with Gasteiger partial charge in [0.05, 0.1) is 24.5 Å². The van der Waals surface area contributed by atoms with Gasteiger partial charge in [0, 0.05) is 39.8 Å². The molecule has 1 fully saturated rings. The van der Waals surface area contributed by atoms with Crippen molar-refractivity contribution in [3.8, 4) is 0 Å². The van der Waals surface area contributed by atoms with Crippen LogP contribution >= 0.6 is 24.0 Å². The van der Waals surface area contributed by atoms with Crippen LogP contribution in [-0.4, -0.2) is 101 Å². The Bertz CT molecular complexity index is 766. The van der Waals surface area contributed by atoms with Gasteiger partial charge in [-0.25, -0.2) is 8.42 Å². The van der Waals surface area contributed by atoms with E-state index in [0.717, 1.165) is 12.5 Å². The van der Waals surface area contributed by atoms with E-state index in [0.29, 0.717) is 26.2 Å². The van der Waals surface area contributed by atoms with E-state index in [1.165, 1.54) is 5.56 Å². The van der Waals surface area contributed by atoms with Crippen LogP contribution in [0.4, 0.5) is 0 Å². The summed E-state index contributed by atoms with van der Waals surface area (Å²) in [6.07, 6.45) is 0.0355. The Labute approximate surface area is 205 Å². The van der Waals surface area contributed by atoms with E-state index in [1.807, 2.05) is 32.0 Å². The zero-order valence-corrected chi connectivity index (χ0v) is 22.5. The molecule has 0 bridgehead atoms. The van der Waals surface area contributed by atoms with Crippen LogP contribution in [0.5, 0.6) is 0 Å². The van der Waals surface area contributed by atoms with E-state index in [2.05, 4.69) is 46.3 Å². The fourth-order valence-corrected chi connectivity index (χ4v) is 4.77. The number of piperazine rings is 1. The van der Waals surface area contributed by atoms with Crippen LogP contribution in [0.15, 0.2) is 35.3 Å². The third-order valence-corrected chi connectivity index (χ3v) is 7.03. The molecule has 1 unspecified atom stereocenters. The summed E-state index contributed by atoms with van der Waals surface area (Å²) in [7, 11) is 2.60. The molecule has 0 aromatic heterocycles. The lowest BCUT2D eigenvalue weighted by Crippen LogP contribution is -2.54. The summed E-state index contributed by atoms with van der Waals surface area (Å²) in [5.41, 5.74) is 1.24. The van der Waals surface area contributed by atoms with Crippen molar-refractivity contribution in [1.29, 1.82) is 0 Å². The monoisotopic (exact) mass is 567 g/mol. The Balaban J connectivity index is 0.00000480. The molecule has 0 spiro atoms. The molecule has 1 atom stereocenters. The maximum absolute atomic E-state index is 12.5. The number of halogens is 1. The first-order valence-electron chi connectivity index (χ1n) is 10.5. The lowest BCUT2D eigenvalue weighted by molar-refractivity contribution is 0.0904. The van der Waals surface area contributed by atoms with Crippen LogP contribution in [0.25, 0.3) is 0 Å². The van der Waals surface area contributed by atoms with Gasteiger partial charge in [-0.3, -0.25) is 4.99 Å². The topological polar surface area (TPSA) is 77.5 Å². The van der Waals surface area contributed by atoms with Gasteiger partial charge in [-0.1, -0.05) is 30.3 Å². The molecule has 0 radical (unpaired) electrons. The maximum Gasteiger partial charge on any atom is 0.216 e. The van der Waals surface area contributed by atoms with Gasteiger partial charge in [0.25, 0.3) is 0 Å². The van der Waals surface area contributed by atoms with Gasteiger partial charge in [0.2, 0.25) is 10.0 Å². The van der Waals surface area contributed by atoms with Crippen molar-refractivity contribution >= 4 is 40.0 Å². The molecule has 1 aliphatic heterocycles. The Morgan fingerprint density at radius 1 is 1.16 bits per heavy atom. The van der Waals surface area contributed by atoms with Crippen molar-refractivity contribution in [2.24, 2.45) is 4.99 Å². The summed E-state index contributed by atoms with van der Waals surface area (Å²) in [6, 6.07) is 10.6. The normalized spacial score (nSPS) is 17.0. The molecule has 1 aromatic carbocycles. The number of ether oxygens (including phenoxy) is 1. The van der Waals surface area contributed by atoms with Crippen LogP contribution < -0.4 is 5.32 Å². The maximum atomic E-state index is 12.5. The number of guanidine groups is 1. The molecule has 10 heteroatoms. The Morgan fingerprint density at radius 2 is 1.77 bits per heavy atom. The zero-order valence-electron chi connectivity index (χ0n) is 19.3. The quantitative estimate of drug-likeness (QED) is 0.279. The van der Waals surface area contributed by atoms with Crippen LogP contribution in [0, 0.1) is 0 Å². The standard InChI is InChI=1S/C21H37N5O3S.HI/c1-18(2)29-15-16-30(27,28)26-13-11-25(12-14-26)21(22-3)23-17-20(24(4)5)19-9-7-6-8-10-19;/h6-10,18,20H,11-17H2,1-5H3,(H,22,23);1H. The highest BCUT2D eigenvalue weighted by molar-refractivity contribution is 14.0. The first-order chi connectivity index (χ1) is 14.2. The minimum atomic E-state index is -3.29. The van der Waals surface area contributed by atoms with E-state index in [9.17, 15) is 8.42 Å². The summed E-state index contributed by atoms with van der Waals surface area (Å²) >= 11 is 0. The van der Waals surface area contributed by atoms with E-state index in [-0.39, 0.29) is 48.5 Å². The molecule has 2 rings (SSSR count). The SMILES string of the molecule is CN=C(NCC(c1ccccc1)N(C)C)N1CCN(S(=O)(=O)CCOC(C)C)CC1.I. The number of hydrogen-bond acceptors (Lipinski definition) is 5. The molecule has 0 amide bonds. The Hall–Kier alpha value is -0.950. The number of likely N-dealkylation sites (N-methyl/N-ethyl adjacent to an activating group) is 1. The first-order valence-corrected chi connectivity index (χ1v) is 12.1. The number of hydrogen-bond donors (Lipinski definition) is 1. The van der Waals surface area contributed by atoms with Gasteiger partial charge < -0.3 is 19.9 Å². The van der Waals surface area contributed by atoms with Gasteiger partial charge in [0.15, 0.2) is 5.96 Å². The predicted molar refractivity (Wildman–Crippen MR) is 138 cm³/mol. The van der Waals surface area contributed by atoms with Crippen LogP contribution in [0.3, 0.4) is 0 Å². The van der Waals surface area contributed by atoms with E-state index in [1.54, 1.807) is 11.4 Å². The van der Waals surface area contributed by atoms with Crippen molar-refractivity contribution < 1.29 is 13.2 Å². The molecule has 0 saturated carbocycles. The smallest absolute Gasteiger partial charge is 0.216 e. The Morgan fingerprint density at radius 3 is 2.29 bits per heavy atom. The van der Waals surface area contributed by atoms with Gasteiger partial charge in [-0.15, -0.1) is 24.0 Å². The van der Waals surface area contributed by atoms with Crippen LogP contribution in [0.1, 0.15) is 25.5 Å². The van der Waals surface area contributed by atoms with E-state index < -0.39 is 10.0 Å². The van der Waals surface area contributed by atoms with Gasteiger partial charge in [-0.05, 0) is 33.5 Å². The third-order valence-electron chi connectivity index (χ3n) is 5.20. The molecule has 1 aliphatic rings. The molecule has 1 heterocycles. The minimum absolute atomic E-state index is 0. The average Bonchev–Trinajstić information content (AvgIpc) is 2.71. The summed E-state index contributed by atoms with van der Waals surface area (Å²) in [4.78, 5) is 8.72. The second kappa shape index (κ2) is 13.6. The molecule has 0 aliphatic carbocycles. The number of nitrogens with zero attached hydrogens (tertiary/aromatic N) is 4. The van der Waals surface area contributed by atoms with E-state index in [4.69, 9.17) is 4.74 Å². The summed E-state index contributed by atoms with van der Waals surface area (Å²) < 4.78 is 32.0. The summed E-state index contributed by atoms with van der Waals surface area (Å²) in [6.45, 7) is 6.90. The Kier molecular flexibility index (Phi) is 12.3. The lowest BCUT2D eigenvalue weighted by Gasteiger charge is -2.36. The number of sulfonamides is 1. The third kappa shape index (κ3) is 8.83. The molecule has 31 heavy (non-hydrogen) atoms. The van der Waals surface area contributed by atoms with Crippen molar-refractivity contribution in [2.45, 2.75) is 26.0 Å². The van der Waals surface area contributed by atoms with Crippen molar-refractivity contribution in [2.75, 3.05) is 66.2 Å². The van der Waals surface area contributed by atoms with Crippen LogP contribution in [-0.2, 0) is 14.8 Å². The predicted octanol–water partition coefficient (Wildman–Crippen LogP) is 1.86. The molecule has 1 N–H and O–H groups in total. The lowest BCUT2D eigenvalue weighted by atomic mass is 10.1. The summed E-state index contributed by atoms with van der Waals surface area (Å²) in [5, 5.41) is 3.47. The number of rotatable bonds is 9. The summed E-state index contributed by atoms with van der Waals surface area (Å²) in [5.74, 6) is 0.831. The average molecular weight is 568 g/mol. The molecular formula is C21H38IN5O3S. The van der Waals surface area contributed by atoms with Gasteiger partial charge in [-0.2, -0.15) is 4.31 Å². The number of aliphatic imine (C=N–C) groups is 1. The fraction of sp³-hybridized carbons (Fsp3) is 0.667. The number of nitrogens with one attached hydrogen (secondary N) is 1. The molecule has 178 valence electrons.